The molecule has 224 valence electrons. The molecule has 0 N–H and O–H groups in total. The van der Waals surface area contributed by atoms with Crippen molar-refractivity contribution >= 4 is 21.8 Å². The SMILES string of the molecule is Cc1cccc(-c2ccc3c(c2C(C)(C)C)c2c(-c4ccccc4)cccc2n3-c2cc(C(C)(C)C)cc(C(C)(C)C)c2)c1. The molecule has 6 rings (SSSR count). The lowest BCUT2D eigenvalue weighted by Gasteiger charge is -2.27. The van der Waals surface area contributed by atoms with Gasteiger partial charge in [0.15, 0.2) is 0 Å². The summed E-state index contributed by atoms with van der Waals surface area (Å²) in [6.07, 6.45) is 0. The smallest absolute Gasteiger partial charge is 0.0547 e. The van der Waals surface area contributed by atoms with Crippen molar-refractivity contribution in [2.75, 3.05) is 0 Å². The molecule has 0 atom stereocenters. The Morgan fingerprint density at radius 1 is 0.455 bits per heavy atom. The second kappa shape index (κ2) is 10.5. The highest BCUT2D eigenvalue weighted by Crippen LogP contribution is 2.47. The number of aromatic nitrogens is 1. The molecule has 6 aromatic rings. The van der Waals surface area contributed by atoms with E-state index in [0.717, 1.165) is 0 Å². The van der Waals surface area contributed by atoms with Gasteiger partial charge in [0, 0.05) is 16.5 Å². The predicted molar refractivity (Wildman–Crippen MR) is 192 cm³/mol. The first-order valence-electron chi connectivity index (χ1n) is 16.0. The maximum atomic E-state index is 2.54. The number of fused-ring (bicyclic) bond motifs is 3. The number of aryl methyl sites for hydroxylation is 1. The molecule has 0 aliphatic rings. The maximum absolute atomic E-state index is 2.54. The van der Waals surface area contributed by atoms with Crippen molar-refractivity contribution in [1.82, 2.24) is 4.57 Å². The molecule has 1 nitrogen and oxygen atoms in total. The molecule has 0 aliphatic heterocycles. The molecule has 1 heterocycles. The molecule has 44 heavy (non-hydrogen) atoms. The Morgan fingerprint density at radius 3 is 1.64 bits per heavy atom. The molecule has 1 heteroatoms. The molecule has 0 saturated carbocycles. The van der Waals surface area contributed by atoms with Crippen LogP contribution in [0, 0.1) is 6.92 Å². The largest absolute Gasteiger partial charge is 0.309 e. The summed E-state index contributed by atoms with van der Waals surface area (Å²) in [6.45, 7) is 23.2. The van der Waals surface area contributed by atoms with Gasteiger partial charge >= 0.3 is 0 Å². The van der Waals surface area contributed by atoms with E-state index in [1.165, 1.54) is 72.0 Å². The van der Waals surface area contributed by atoms with Crippen LogP contribution in [0.3, 0.4) is 0 Å². The topological polar surface area (TPSA) is 4.93 Å². The highest BCUT2D eigenvalue weighted by Gasteiger charge is 2.28. The minimum atomic E-state index is -0.0919. The van der Waals surface area contributed by atoms with Crippen LogP contribution in [0.25, 0.3) is 49.7 Å². The van der Waals surface area contributed by atoms with Gasteiger partial charge in [-0.1, -0.05) is 147 Å². The van der Waals surface area contributed by atoms with Gasteiger partial charge in [-0.25, -0.2) is 0 Å². The van der Waals surface area contributed by atoms with Crippen LogP contribution in [0.1, 0.15) is 84.6 Å². The maximum Gasteiger partial charge on any atom is 0.0547 e. The van der Waals surface area contributed by atoms with Gasteiger partial charge < -0.3 is 4.57 Å². The van der Waals surface area contributed by atoms with Crippen LogP contribution >= 0.6 is 0 Å². The van der Waals surface area contributed by atoms with E-state index in [2.05, 4.69) is 177 Å². The Kier molecular flexibility index (Phi) is 7.16. The summed E-state index contributed by atoms with van der Waals surface area (Å²) >= 11 is 0. The molecule has 1 aromatic heterocycles. The highest BCUT2D eigenvalue weighted by atomic mass is 15.0. The van der Waals surface area contributed by atoms with E-state index >= 15 is 0 Å². The summed E-state index contributed by atoms with van der Waals surface area (Å²) in [5, 5.41) is 2.68. The van der Waals surface area contributed by atoms with Crippen LogP contribution < -0.4 is 0 Å². The summed E-state index contributed by atoms with van der Waals surface area (Å²) in [4.78, 5) is 0. The van der Waals surface area contributed by atoms with Crippen LogP contribution in [-0.4, -0.2) is 4.57 Å². The van der Waals surface area contributed by atoms with E-state index in [-0.39, 0.29) is 16.2 Å². The van der Waals surface area contributed by atoms with Crippen molar-refractivity contribution in [3.63, 3.8) is 0 Å². The van der Waals surface area contributed by atoms with E-state index in [1.54, 1.807) is 0 Å². The number of hydrogen-bond donors (Lipinski definition) is 0. The number of hydrogen-bond acceptors (Lipinski definition) is 0. The Hall–Kier alpha value is -4.10. The highest BCUT2D eigenvalue weighted by molar-refractivity contribution is 6.18. The lowest BCUT2D eigenvalue weighted by Crippen LogP contribution is -2.17. The van der Waals surface area contributed by atoms with E-state index < -0.39 is 0 Å². The predicted octanol–water partition coefficient (Wildman–Crippen LogP) is 12.3. The normalized spacial score (nSPS) is 12.8. The third-order valence-corrected chi connectivity index (χ3v) is 9.03. The lowest BCUT2D eigenvalue weighted by molar-refractivity contribution is 0.568. The minimum Gasteiger partial charge on any atom is -0.309 e. The van der Waals surface area contributed by atoms with Crippen molar-refractivity contribution in [2.24, 2.45) is 0 Å². The summed E-state index contributed by atoms with van der Waals surface area (Å²) in [6, 6.07) is 38.7. The van der Waals surface area contributed by atoms with Crippen LogP contribution in [0.4, 0.5) is 0 Å². The van der Waals surface area contributed by atoms with Gasteiger partial charge in [-0.05, 0) is 86.4 Å². The summed E-state index contributed by atoms with van der Waals surface area (Å²) < 4.78 is 2.54. The quantitative estimate of drug-likeness (QED) is 0.197. The zero-order chi connectivity index (χ0) is 31.6. The number of nitrogens with zero attached hydrogens (tertiary/aromatic N) is 1. The fourth-order valence-corrected chi connectivity index (χ4v) is 6.72. The summed E-state index contributed by atoms with van der Waals surface area (Å²) in [7, 11) is 0. The molecule has 5 aromatic carbocycles. The first-order valence-corrected chi connectivity index (χ1v) is 16.0. The zero-order valence-corrected chi connectivity index (χ0v) is 28.3. The second-order valence-corrected chi connectivity index (χ2v) is 15.7. The summed E-state index contributed by atoms with van der Waals surface area (Å²) in [5.41, 5.74) is 14.2. The standard InChI is InChI=1S/C43H47N/c1-28-16-14-19-30(24-28)35-22-23-37-39(40(35)43(8,9)10)38-34(29-17-12-11-13-18-29)20-15-21-36(38)44(37)33-26-31(41(2,3)4)25-32(27-33)42(5,6)7/h11-27H,1-10H3. The third-order valence-electron chi connectivity index (χ3n) is 9.03. The van der Waals surface area contributed by atoms with E-state index in [0.29, 0.717) is 0 Å². The van der Waals surface area contributed by atoms with Crippen molar-refractivity contribution in [2.45, 2.75) is 85.5 Å². The van der Waals surface area contributed by atoms with E-state index in [4.69, 9.17) is 0 Å². The van der Waals surface area contributed by atoms with Crippen molar-refractivity contribution in [3.8, 4) is 27.9 Å². The van der Waals surface area contributed by atoms with Crippen molar-refractivity contribution in [1.29, 1.82) is 0 Å². The minimum absolute atomic E-state index is 0.0267. The monoisotopic (exact) mass is 577 g/mol. The zero-order valence-electron chi connectivity index (χ0n) is 28.3. The fourth-order valence-electron chi connectivity index (χ4n) is 6.72. The number of rotatable bonds is 3. The van der Waals surface area contributed by atoms with Gasteiger partial charge in [0.05, 0.1) is 11.0 Å². The van der Waals surface area contributed by atoms with E-state index in [9.17, 15) is 0 Å². The van der Waals surface area contributed by atoms with Gasteiger partial charge in [-0.3, -0.25) is 0 Å². The van der Waals surface area contributed by atoms with Crippen molar-refractivity contribution < 1.29 is 0 Å². The average Bonchev–Trinajstić information content (AvgIpc) is 3.30. The molecule has 0 spiro atoms. The van der Waals surface area contributed by atoms with Gasteiger partial charge in [-0.2, -0.15) is 0 Å². The molecule has 0 unspecified atom stereocenters. The molecule has 0 amide bonds. The van der Waals surface area contributed by atoms with Gasteiger partial charge in [0.1, 0.15) is 0 Å². The van der Waals surface area contributed by atoms with Crippen LogP contribution in [0.15, 0.2) is 103 Å². The molecule has 0 radical (unpaired) electrons. The molecule has 0 aliphatic carbocycles. The Morgan fingerprint density at radius 2 is 1.05 bits per heavy atom. The van der Waals surface area contributed by atoms with Crippen molar-refractivity contribution in [3.05, 3.63) is 125 Å². The third kappa shape index (κ3) is 5.28. The Bertz CT molecular complexity index is 1970. The summed E-state index contributed by atoms with van der Waals surface area (Å²) in [5.74, 6) is 0. The van der Waals surface area contributed by atoms with Gasteiger partial charge in [0.25, 0.3) is 0 Å². The first-order chi connectivity index (χ1) is 20.6. The Labute approximate surface area is 264 Å². The fraction of sp³-hybridized carbons (Fsp3) is 0.302. The average molecular weight is 578 g/mol. The molecular weight excluding hydrogens is 530 g/mol. The molecule has 0 fully saturated rings. The van der Waals surface area contributed by atoms with Gasteiger partial charge in [0.2, 0.25) is 0 Å². The second-order valence-electron chi connectivity index (χ2n) is 15.7. The first kappa shape index (κ1) is 29.9. The molecule has 0 saturated heterocycles. The number of benzene rings is 5. The van der Waals surface area contributed by atoms with Crippen LogP contribution in [-0.2, 0) is 16.2 Å². The lowest BCUT2D eigenvalue weighted by atomic mass is 9.78. The van der Waals surface area contributed by atoms with Crippen LogP contribution in [0.5, 0.6) is 0 Å². The van der Waals surface area contributed by atoms with Crippen LogP contribution in [0.2, 0.25) is 0 Å². The molecule has 0 bridgehead atoms. The van der Waals surface area contributed by atoms with Gasteiger partial charge in [-0.15, -0.1) is 0 Å². The Balaban J connectivity index is 1.85. The molecular formula is C43H47N. The van der Waals surface area contributed by atoms with E-state index in [1.807, 2.05) is 0 Å².